The first-order valence-corrected chi connectivity index (χ1v) is 9.35. The zero-order valence-corrected chi connectivity index (χ0v) is 15.7. The molecule has 5 nitrogen and oxygen atoms in total. The van der Waals surface area contributed by atoms with Gasteiger partial charge in [0.1, 0.15) is 0 Å². The summed E-state index contributed by atoms with van der Waals surface area (Å²) in [5, 5.41) is 39.2. The first-order chi connectivity index (χ1) is 12.4. The van der Waals surface area contributed by atoms with Crippen molar-refractivity contribution in [2.24, 2.45) is 17.8 Å². The number of rotatable bonds is 10. The SMILES string of the molecule is CC#CCC(C)[C@H](O)/C=C/[C@@H]1[C@@H](C/C=C\CCCC(=O)O)[C@@H](O)C[C@H]1O. The van der Waals surface area contributed by atoms with Crippen LogP contribution in [0.5, 0.6) is 0 Å². The van der Waals surface area contributed by atoms with Gasteiger partial charge >= 0.3 is 5.97 Å². The Morgan fingerprint density at radius 3 is 2.65 bits per heavy atom. The van der Waals surface area contributed by atoms with Gasteiger partial charge in [-0.3, -0.25) is 4.79 Å². The summed E-state index contributed by atoms with van der Waals surface area (Å²) in [4.78, 5) is 10.5. The van der Waals surface area contributed by atoms with Crippen LogP contribution in [0.1, 0.15) is 52.4 Å². The van der Waals surface area contributed by atoms with Gasteiger partial charge in [-0.15, -0.1) is 11.8 Å². The largest absolute Gasteiger partial charge is 0.481 e. The molecule has 0 aromatic heterocycles. The molecule has 1 rings (SSSR count). The van der Waals surface area contributed by atoms with Crippen LogP contribution in [0, 0.1) is 29.6 Å². The molecule has 1 fully saturated rings. The van der Waals surface area contributed by atoms with Gasteiger partial charge in [0.25, 0.3) is 0 Å². The number of carbonyl (C=O) groups is 1. The topological polar surface area (TPSA) is 98.0 Å². The molecule has 0 amide bonds. The van der Waals surface area contributed by atoms with Crippen LogP contribution in [0.3, 0.4) is 0 Å². The molecule has 0 radical (unpaired) electrons. The van der Waals surface area contributed by atoms with E-state index in [9.17, 15) is 20.1 Å². The van der Waals surface area contributed by atoms with Crippen LogP contribution in [0.2, 0.25) is 0 Å². The average molecular weight is 364 g/mol. The minimum atomic E-state index is -0.796. The first kappa shape index (κ1) is 22.4. The standard InChI is InChI=1S/C21H32O5/c1-3-4-9-15(2)18(22)13-12-17-16(19(23)14-20(17)24)10-7-5-6-8-11-21(25)26/h5,7,12-13,15-20,22-24H,6,8-11,14H2,1-2H3,(H,25,26)/b7-5-,13-12+/t15?,16-,17-,18-,19+,20-/m1/s1. The summed E-state index contributed by atoms with van der Waals surface area (Å²) in [7, 11) is 0. The normalized spacial score (nSPS) is 28.2. The van der Waals surface area contributed by atoms with Crippen LogP contribution in [0.4, 0.5) is 0 Å². The van der Waals surface area contributed by atoms with Crippen LogP contribution < -0.4 is 0 Å². The second-order valence-electron chi connectivity index (χ2n) is 7.09. The Morgan fingerprint density at radius 1 is 1.27 bits per heavy atom. The van der Waals surface area contributed by atoms with Crippen molar-refractivity contribution in [1.82, 2.24) is 0 Å². The van der Waals surface area contributed by atoms with E-state index >= 15 is 0 Å². The lowest BCUT2D eigenvalue weighted by atomic mass is 9.89. The van der Waals surface area contributed by atoms with Crippen LogP contribution >= 0.6 is 0 Å². The molecule has 1 saturated carbocycles. The van der Waals surface area contributed by atoms with Gasteiger partial charge in [0, 0.05) is 25.2 Å². The molecule has 6 atom stereocenters. The third-order valence-electron chi connectivity index (χ3n) is 4.97. The molecule has 5 heteroatoms. The number of aliphatic carboxylic acids is 1. The maximum Gasteiger partial charge on any atom is 0.303 e. The van der Waals surface area contributed by atoms with E-state index in [1.807, 2.05) is 25.2 Å². The van der Waals surface area contributed by atoms with E-state index in [4.69, 9.17) is 5.11 Å². The predicted octanol–water partition coefficient (Wildman–Crippen LogP) is 2.51. The number of allylic oxidation sites excluding steroid dienone is 2. The summed E-state index contributed by atoms with van der Waals surface area (Å²) in [6, 6.07) is 0. The molecular weight excluding hydrogens is 332 g/mol. The van der Waals surface area contributed by atoms with Crippen molar-refractivity contribution in [3.05, 3.63) is 24.3 Å². The lowest BCUT2D eigenvalue weighted by Crippen LogP contribution is -2.21. The van der Waals surface area contributed by atoms with Crippen molar-refractivity contribution in [1.29, 1.82) is 0 Å². The van der Waals surface area contributed by atoms with E-state index < -0.39 is 24.3 Å². The van der Waals surface area contributed by atoms with Gasteiger partial charge in [-0.25, -0.2) is 0 Å². The minimum Gasteiger partial charge on any atom is -0.481 e. The predicted molar refractivity (Wildman–Crippen MR) is 101 cm³/mol. The summed E-state index contributed by atoms with van der Waals surface area (Å²) in [5.41, 5.74) is 0. The Kier molecular flexibility index (Phi) is 10.3. The van der Waals surface area contributed by atoms with Gasteiger partial charge in [0.15, 0.2) is 0 Å². The molecule has 0 aromatic carbocycles. The van der Waals surface area contributed by atoms with Gasteiger partial charge in [0.05, 0.1) is 18.3 Å². The number of aliphatic hydroxyl groups excluding tert-OH is 3. The fourth-order valence-electron chi connectivity index (χ4n) is 3.26. The summed E-state index contributed by atoms with van der Waals surface area (Å²) >= 11 is 0. The summed E-state index contributed by atoms with van der Waals surface area (Å²) in [5.74, 6) is 4.68. The summed E-state index contributed by atoms with van der Waals surface area (Å²) in [6.45, 7) is 3.70. The Balaban J connectivity index is 2.57. The van der Waals surface area contributed by atoms with Crippen molar-refractivity contribution in [2.75, 3.05) is 0 Å². The highest BCUT2D eigenvalue weighted by Gasteiger charge is 2.39. The van der Waals surface area contributed by atoms with Gasteiger partial charge < -0.3 is 20.4 Å². The number of hydrogen-bond acceptors (Lipinski definition) is 4. The molecule has 0 aromatic rings. The van der Waals surface area contributed by atoms with E-state index in [1.165, 1.54) is 0 Å². The smallest absolute Gasteiger partial charge is 0.303 e. The van der Waals surface area contributed by atoms with E-state index in [-0.39, 0.29) is 24.2 Å². The number of carboxylic acid groups (broad SMARTS) is 1. The minimum absolute atomic E-state index is 0.00903. The molecule has 4 N–H and O–H groups in total. The van der Waals surface area contributed by atoms with Crippen LogP contribution in [-0.4, -0.2) is 44.7 Å². The van der Waals surface area contributed by atoms with Gasteiger partial charge in [-0.1, -0.05) is 31.2 Å². The Morgan fingerprint density at radius 2 is 2.00 bits per heavy atom. The lowest BCUT2D eigenvalue weighted by Gasteiger charge is -2.20. The van der Waals surface area contributed by atoms with E-state index in [2.05, 4.69) is 11.8 Å². The van der Waals surface area contributed by atoms with Crippen molar-refractivity contribution in [3.8, 4) is 11.8 Å². The summed E-state index contributed by atoms with van der Waals surface area (Å²) < 4.78 is 0. The van der Waals surface area contributed by atoms with Gasteiger partial charge in [0.2, 0.25) is 0 Å². The second kappa shape index (κ2) is 11.9. The highest BCUT2D eigenvalue weighted by Crippen LogP contribution is 2.36. The number of unbranched alkanes of at least 4 members (excludes halogenated alkanes) is 1. The number of hydrogen-bond donors (Lipinski definition) is 4. The number of aliphatic hydroxyl groups is 3. The monoisotopic (exact) mass is 364 g/mol. The molecule has 26 heavy (non-hydrogen) atoms. The third kappa shape index (κ3) is 7.74. The van der Waals surface area contributed by atoms with Crippen molar-refractivity contribution >= 4 is 5.97 Å². The maximum atomic E-state index is 10.5. The molecule has 1 aliphatic rings. The van der Waals surface area contributed by atoms with E-state index in [0.29, 0.717) is 32.1 Å². The average Bonchev–Trinajstić information content (AvgIpc) is 2.86. The molecule has 1 unspecified atom stereocenters. The van der Waals surface area contributed by atoms with Crippen LogP contribution in [0.15, 0.2) is 24.3 Å². The Bertz CT molecular complexity index is 542. The lowest BCUT2D eigenvalue weighted by molar-refractivity contribution is -0.137. The Labute approximate surface area is 156 Å². The third-order valence-corrected chi connectivity index (χ3v) is 4.97. The highest BCUT2D eigenvalue weighted by atomic mass is 16.4. The van der Waals surface area contributed by atoms with Gasteiger partial charge in [-0.05, 0) is 38.0 Å². The quantitative estimate of drug-likeness (QED) is 0.271. The fourth-order valence-corrected chi connectivity index (χ4v) is 3.26. The van der Waals surface area contributed by atoms with Crippen molar-refractivity contribution in [3.63, 3.8) is 0 Å². The number of carboxylic acids is 1. The highest BCUT2D eigenvalue weighted by molar-refractivity contribution is 5.66. The zero-order valence-electron chi connectivity index (χ0n) is 15.7. The van der Waals surface area contributed by atoms with E-state index in [0.717, 1.165) is 0 Å². The van der Waals surface area contributed by atoms with Crippen molar-refractivity contribution < 1.29 is 25.2 Å². The fraction of sp³-hybridized carbons (Fsp3) is 0.667. The van der Waals surface area contributed by atoms with Crippen LogP contribution in [-0.2, 0) is 4.79 Å². The molecular formula is C21H32O5. The molecule has 0 aliphatic heterocycles. The van der Waals surface area contributed by atoms with Crippen molar-refractivity contribution in [2.45, 2.75) is 70.7 Å². The molecule has 0 heterocycles. The maximum absolute atomic E-state index is 10.5. The summed E-state index contributed by atoms with van der Waals surface area (Å²) in [6.07, 6.45) is 8.57. The first-order valence-electron chi connectivity index (χ1n) is 9.35. The molecule has 0 saturated heterocycles. The van der Waals surface area contributed by atoms with Crippen LogP contribution in [0.25, 0.3) is 0 Å². The molecule has 1 aliphatic carbocycles. The zero-order chi connectivity index (χ0) is 19.5. The molecule has 146 valence electrons. The van der Waals surface area contributed by atoms with E-state index in [1.54, 1.807) is 13.0 Å². The molecule has 0 spiro atoms. The Hall–Kier alpha value is -1.61. The second-order valence-corrected chi connectivity index (χ2v) is 7.09. The molecule has 0 bridgehead atoms. The van der Waals surface area contributed by atoms with Gasteiger partial charge in [-0.2, -0.15) is 0 Å².